The standard InChI is InChI=1S/C23H27N3O4/c1-6-30-20-9-7-15(2)11-19(20)16(3)26-23(27)17(13-24)14-25-18-8-10-21(28-4)22(12-18)29-5/h7-12,14,16,25H,6H2,1-5H3,(H,26,27)/b17-14-. The molecule has 0 saturated carbocycles. The first kappa shape index (κ1) is 22.6. The molecule has 0 bridgehead atoms. The van der Waals surface area contributed by atoms with Gasteiger partial charge in [-0.3, -0.25) is 4.79 Å². The molecular weight excluding hydrogens is 382 g/mol. The highest BCUT2D eigenvalue weighted by molar-refractivity contribution is 5.97. The summed E-state index contributed by atoms with van der Waals surface area (Å²) in [5, 5.41) is 15.2. The number of nitrogens with zero attached hydrogens (tertiary/aromatic N) is 1. The number of ether oxygens (including phenoxy) is 3. The molecule has 2 aromatic rings. The van der Waals surface area contributed by atoms with Gasteiger partial charge in [-0.05, 0) is 39.0 Å². The Balaban J connectivity index is 2.15. The fraction of sp³-hybridized carbons (Fsp3) is 0.304. The molecule has 0 saturated heterocycles. The highest BCUT2D eigenvalue weighted by Crippen LogP contribution is 2.30. The molecule has 0 radical (unpaired) electrons. The molecule has 1 atom stereocenters. The third kappa shape index (κ3) is 5.67. The van der Waals surface area contributed by atoms with Crippen LogP contribution in [0.5, 0.6) is 17.2 Å². The largest absolute Gasteiger partial charge is 0.494 e. The number of hydrogen-bond donors (Lipinski definition) is 2. The lowest BCUT2D eigenvalue weighted by molar-refractivity contribution is -0.117. The van der Waals surface area contributed by atoms with E-state index in [4.69, 9.17) is 14.2 Å². The van der Waals surface area contributed by atoms with Crippen LogP contribution in [0.25, 0.3) is 0 Å². The van der Waals surface area contributed by atoms with Crippen molar-refractivity contribution in [3.8, 4) is 23.3 Å². The summed E-state index contributed by atoms with van der Waals surface area (Å²) in [5.74, 6) is 1.35. The Hall–Kier alpha value is -3.66. The zero-order chi connectivity index (χ0) is 22.1. The van der Waals surface area contributed by atoms with Crippen molar-refractivity contribution in [1.29, 1.82) is 5.26 Å². The molecule has 0 aliphatic carbocycles. The molecule has 0 fully saturated rings. The summed E-state index contributed by atoms with van der Waals surface area (Å²) in [6.45, 7) is 6.26. The minimum atomic E-state index is -0.484. The lowest BCUT2D eigenvalue weighted by Gasteiger charge is -2.18. The van der Waals surface area contributed by atoms with Gasteiger partial charge in [0.2, 0.25) is 0 Å². The second kappa shape index (κ2) is 10.8. The minimum absolute atomic E-state index is 0.0535. The zero-order valence-electron chi connectivity index (χ0n) is 17.9. The fourth-order valence-corrected chi connectivity index (χ4v) is 2.88. The van der Waals surface area contributed by atoms with Gasteiger partial charge in [0.15, 0.2) is 11.5 Å². The second-order valence-electron chi connectivity index (χ2n) is 6.55. The maximum Gasteiger partial charge on any atom is 0.263 e. The molecule has 1 amide bonds. The van der Waals surface area contributed by atoms with E-state index in [1.807, 2.05) is 45.0 Å². The van der Waals surface area contributed by atoms with Gasteiger partial charge in [-0.25, -0.2) is 0 Å². The minimum Gasteiger partial charge on any atom is -0.494 e. The number of nitriles is 1. The van der Waals surface area contributed by atoms with Crippen LogP contribution < -0.4 is 24.8 Å². The van der Waals surface area contributed by atoms with Gasteiger partial charge in [-0.2, -0.15) is 5.26 Å². The predicted octanol–water partition coefficient (Wildman–Crippen LogP) is 4.11. The molecule has 0 heterocycles. The number of nitrogens with one attached hydrogen (secondary N) is 2. The summed E-state index contributed by atoms with van der Waals surface area (Å²) in [6.07, 6.45) is 1.36. The van der Waals surface area contributed by atoms with E-state index < -0.39 is 5.91 Å². The summed E-state index contributed by atoms with van der Waals surface area (Å²) in [5.41, 5.74) is 2.51. The number of anilines is 1. The van der Waals surface area contributed by atoms with E-state index in [1.54, 1.807) is 25.3 Å². The highest BCUT2D eigenvalue weighted by Gasteiger charge is 2.17. The first-order valence-electron chi connectivity index (χ1n) is 9.56. The SMILES string of the molecule is CCOc1ccc(C)cc1C(C)NC(=O)/C(C#N)=C\Nc1ccc(OC)c(OC)c1. The molecule has 158 valence electrons. The smallest absolute Gasteiger partial charge is 0.263 e. The lowest BCUT2D eigenvalue weighted by Crippen LogP contribution is -2.28. The van der Waals surface area contributed by atoms with Crippen LogP contribution in [0.1, 0.15) is 31.0 Å². The fourth-order valence-electron chi connectivity index (χ4n) is 2.88. The number of carbonyl (C=O) groups excluding carboxylic acids is 1. The molecule has 2 N–H and O–H groups in total. The third-order valence-corrected chi connectivity index (χ3v) is 4.41. The summed E-state index contributed by atoms with van der Waals surface area (Å²) in [7, 11) is 3.09. The first-order valence-corrected chi connectivity index (χ1v) is 9.56. The van der Waals surface area contributed by atoms with Crippen LogP contribution in [0.15, 0.2) is 48.2 Å². The number of rotatable bonds is 9. The topological polar surface area (TPSA) is 92.6 Å². The molecule has 7 heteroatoms. The Morgan fingerprint density at radius 1 is 1.13 bits per heavy atom. The van der Waals surface area contributed by atoms with Gasteiger partial charge in [0, 0.05) is 23.5 Å². The van der Waals surface area contributed by atoms with Crippen molar-refractivity contribution in [3.05, 3.63) is 59.3 Å². The van der Waals surface area contributed by atoms with Gasteiger partial charge in [0.25, 0.3) is 5.91 Å². The molecule has 2 aromatic carbocycles. The van der Waals surface area contributed by atoms with E-state index in [-0.39, 0.29) is 11.6 Å². The summed E-state index contributed by atoms with van der Waals surface area (Å²) in [6, 6.07) is 12.6. The van der Waals surface area contributed by atoms with Crippen LogP contribution >= 0.6 is 0 Å². The number of methoxy groups -OCH3 is 2. The molecule has 0 aromatic heterocycles. The Bertz CT molecular complexity index is 963. The molecule has 0 aliphatic rings. The predicted molar refractivity (Wildman–Crippen MR) is 116 cm³/mol. The van der Waals surface area contributed by atoms with Crippen LogP contribution in [0.4, 0.5) is 5.69 Å². The molecule has 2 rings (SSSR count). The van der Waals surface area contributed by atoms with Crippen LogP contribution in [-0.2, 0) is 4.79 Å². The van der Waals surface area contributed by atoms with E-state index in [1.165, 1.54) is 13.3 Å². The quantitative estimate of drug-likeness (QED) is 0.478. The van der Waals surface area contributed by atoms with Gasteiger partial charge in [-0.1, -0.05) is 17.7 Å². The van der Waals surface area contributed by atoms with E-state index >= 15 is 0 Å². The first-order chi connectivity index (χ1) is 14.4. The number of benzene rings is 2. The summed E-state index contributed by atoms with van der Waals surface area (Å²) in [4.78, 5) is 12.6. The van der Waals surface area contributed by atoms with Crippen molar-refractivity contribution in [1.82, 2.24) is 5.32 Å². The van der Waals surface area contributed by atoms with Gasteiger partial charge >= 0.3 is 0 Å². The Morgan fingerprint density at radius 3 is 2.47 bits per heavy atom. The Morgan fingerprint density at radius 2 is 1.83 bits per heavy atom. The van der Waals surface area contributed by atoms with Crippen molar-refractivity contribution in [2.75, 3.05) is 26.1 Å². The zero-order valence-corrected chi connectivity index (χ0v) is 17.9. The molecule has 1 unspecified atom stereocenters. The van der Waals surface area contributed by atoms with E-state index in [0.717, 1.165) is 11.1 Å². The van der Waals surface area contributed by atoms with Crippen molar-refractivity contribution >= 4 is 11.6 Å². The highest BCUT2D eigenvalue weighted by atomic mass is 16.5. The average molecular weight is 409 g/mol. The van der Waals surface area contributed by atoms with Crippen molar-refractivity contribution < 1.29 is 19.0 Å². The third-order valence-electron chi connectivity index (χ3n) is 4.41. The lowest BCUT2D eigenvalue weighted by atomic mass is 10.0. The van der Waals surface area contributed by atoms with Gasteiger partial charge < -0.3 is 24.8 Å². The van der Waals surface area contributed by atoms with Crippen LogP contribution in [-0.4, -0.2) is 26.7 Å². The average Bonchev–Trinajstić information content (AvgIpc) is 2.75. The van der Waals surface area contributed by atoms with E-state index in [9.17, 15) is 10.1 Å². The maximum absolute atomic E-state index is 12.6. The molecule has 30 heavy (non-hydrogen) atoms. The molecular formula is C23H27N3O4. The number of aryl methyl sites for hydroxylation is 1. The summed E-state index contributed by atoms with van der Waals surface area (Å²) >= 11 is 0. The normalized spacial score (nSPS) is 11.8. The van der Waals surface area contributed by atoms with Crippen LogP contribution in [0, 0.1) is 18.3 Å². The number of amides is 1. The number of hydrogen-bond acceptors (Lipinski definition) is 6. The van der Waals surface area contributed by atoms with Crippen LogP contribution in [0.3, 0.4) is 0 Å². The van der Waals surface area contributed by atoms with E-state index in [0.29, 0.717) is 29.5 Å². The summed E-state index contributed by atoms with van der Waals surface area (Å²) < 4.78 is 16.1. The maximum atomic E-state index is 12.6. The van der Waals surface area contributed by atoms with Crippen molar-refractivity contribution in [2.24, 2.45) is 0 Å². The van der Waals surface area contributed by atoms with E-state index in [2.05, 4.69) is 10.6 Å². The molecule has 7 nitrogen and oxygen atoms in total. The Kier molecular flexibility index (Phi) is 8.12. The van der Waals surface area contributed by atoms with Crippen LogP contribution in [0.2, 0.25) is 0 Å². The molecule has 0 aliphatic heterocycles. The monoisotopic (exact) mass is 409 g/mol. The van der Waals surface area contributed by atoms with Gasteiger partial charge in [0.05, 0.1) is 26.9 Å². The Labute approximate surface area is 177 Å². The molecule has 0 spiro atoms. The van der Waals surface area contributed by atoms with Crippen molar-refractivity contribution in [2.45, 2.75) is 26.8 Å². The van der Waals surface area contributed by atoms with Crippen molar-refractivity contribution in [3.63, 3.8) is 0 Å². The number of carbonyl (C=O) groups is 1. The van der Waals surface area contributed by atoms with Gasteiger partial charge in [-0.15, -0.1) is 0 Å². The van der Waals surface area contributed by atoms with Gasteiger partial charge in [0.1, 0.15) is 17.4 Å². The second-order valence-corrected chi connectivity index (χ2v) is 6.55.